The monoisotopic (exact) mass is 284 g/mol. The molecular weight excluding hydrogens is 275 g/mol. The van der Waals surface area contributed by atoms with Crippen molar-refractivity contribution in [2.24, 2.45) is 0 Å². The quantitative estimate of drug-likeness (QED) is 0.713. The van der Waals surface area contributed by atoms with Crippen LogP contribution in [0.25, 0.3) is 0 Å². The van der Waals surface area contributed by atoms with Gasteiger partial charge >= 0.3 is 0 Å². The van der Waals surface area contributed by atoms with E-state index in [4.69, 9.17) is 0 Å². The highest BCUT2D eigenvalue weighted by Gasteiger charge is 2.23. The van der Waals surface area contributed by atoms with Crippen LogP contribution in [0.4, 0.5) is 0 Å². The van der Waals surface area contributed by atoms with Crippen LogP contribution in [0.3, 0.4) is 0 Å². The number of allylic oxidation sites excluding steroid dienone is 2. The van der Waals surface area contributed by atoms with E-state index in [1.807, 2.05) is 12.3 Å². The Bertz CT molecular complexity index is 212. The first kappa shape index (κ1) is 9.57. The summed E-state index contributed by atoms with van der Waals surface area (Å²) in [5.41, 5.74) is 0. The lowest BCUT2D eigenvalue weighted by atomic mass is 10.1. The fourth-order valence-corrected chi connectivity index (χ4v) is 2.72. The van der Waals surface area contributed by atoms with Crippen LogP contribution in [0.1, 0.15) is 0 Å². The summed E-state index contributed by atoms with van der Waals surface area (Å²) >= 11 is 3.62. The summed E-state index contributed by atoms with van der Waals surface area (Å²) in [6.45, 7) is 0. The summed E-state index contributed by atoms with van der Waals surface area (Å²) in [5.74, 6) is 0. The van der Waals surface area contributed by atoms with E-state index in [0.29, 0.717) is 0 Å². The fourth-order valence-electron chi connectivity index (χ4n) is 0.885. The maximum Gasteiger partial charge on any atom is 0.115 e. The van der Waals surface area contributed by atoms with E-state index in [0.717, 1.165) is 8.48 Å². The highest BCUT2D eigenvalue weighted by molar-refractivity contribution is 14.1. The summed E-state index contributed by atoms with van der Waals surface area (Å²) in [4.78, 5) is 0.848. The molecule has 0 unspecified atom stereocenters. The minimum absolute atomic E-state index is 0.734. The molecule has 2 nitrogen and oxygen atoms in total. The molecule has 0 spiro atoms. The molecule has 0 fully saturated rings. The number of aliphatic hydroxyl groups is 2. The predicted molar refractivity (Wildman–Crippen MR) is 55.7 cm³/mol. The molecule has 0 bridgehead atoms. The number of hydrogen-bond donors (Lipinski definition) is 2. The molecule has 0 aromatic carbocycles. The molecule has 1 aliphatic rings. The molecule has 0 saturated carbocycles. The van der Waals surface area contributed by atoms with Crippen LogP contribution in [-0.4, -0.2) is 28.7 Å². The molecule has 0 heterocycles. The number of aliphatic hydroxyl groups excluding tert-OH is 2. The van der Waals surface area contributed by atoms with Crippen molar-refractivity contribution in [2.45, 2.75) is 12.2 Å². The highest BCUT2D eigenvalue weighted by atomic mass is 127. The standard InChI is InChI=1S/C7H9IO2S/c1-11-7-4(8)2-3-5(9)6(7)10/h2-3,5-6,9-10H,1H3/t5-,6-/m0/s1. The number of halogens is 1. The van der Waals surface area contributed by atoms with Gasteiger partial charge in [-0.1, -0.05) is 6.08 Å². The second kappa shape index (κ2) is 3.93. The molecule has 0 aromatic rings. The Morgan fingerprint density at radius 2 is 2.18 bits per heavy atom. The Hall–Kier alpha value is 0.480. The highest BCUT2D eigenvalue weighted by Crippen LogP contribution is 2.31. The maximum absolute atomic E-state index is 9.42. The van der Waals surface area contributed by atoms with Gasteiger partial charge in [0.25, 0.3) is 0 Å². The minimum Gasteiger partial charge on any atom is -0.386 e. The molecular formula is C7H9IO2S. The average molecular weight is 284 g/mol. The van der Waals surface area contributed by atoms with E-state index >= 15 is 0 Å². The van der Waals surface area contributed by atoms with E-state index < -0.39 is 12.2 Å². The molecule has 1 aliphatic carbocycles. The summed E-state index contributed by atoms with van der Waals surface area (Å²) in [6, 6.07) is 0. The normalized spacial score (nSPS) is 31.3. The molecule has 0 aliphatic heterocycles. The Morgan fingerprint density at radius 3 is 2.64 bits per heavy atom. The Labute approximate surface area is 83.5 Å². The van der Waals surface area contributed by atoms with Crippen LogP contribution < -0.4 is 0 Å². The second-order valence-electron chi connectivity index (χ2n) is 2.21. The first-order valence-corrected chi connectivity index (χ1v) is 5.45. The fraction of sp³-hybridized carbons (Fsp3) is 0.429. The summed E-state index contributed by atoms with van der Waals surface area (Å²) in [5, 5.41) is 18.6. The third-order valence-electron chi connectivity index (χ3n) is 1.49. The van der Waals surface area contributed by atoms with Crippen molar-refractivity contribution in [2.75, 3.05) is 6.26 Å². The Kier molecular flexibility index (Phi) is 3.42. The lowest BCUT2D eigenvalue weighted by molar-refractivity contribution is 0.0769. The number of rotatable bonds is 1. The van der Waals surface area contributed by atoms with Gasteiger partial charge in [-0.3, -0.25) is 0 Å². The molecule has 62 valence electrons. The van der Waals surface area contributed by atoms with E-state index in [1.54, 1.807) is 6.08 Å². The third-order valence-corrected chi connectivity index (χ3v) is 3.70. The van der Waals surface area contributed by atoms with Crippen molar-refractivity contribution in [3.8, 4) is 0 Å². The third kappa shape index (κ3) is 1.99. The molecule has 4 heteroatoms. The summed E-state index contributed by atoms with van der Waals surface area (Å²) < 4.78 is 1.01. The zero-order valence-corrected chi connectivity index (χ0v) is 8.96. The van der Waals surface area contributed by atoms with Crippen molar-refractivity contribution in [3.05, 3.63) is 20.6 Å². The molecule has 2 N–H and O–H groups in total. The summed E-state index contributed by atoms with van der Waals surface area (Å²) in [7, 11) is 0. The molecule has 1 rings (SSSR count). The van der Waals surface area contributed by atoms with Crippen molar-refractivity contribution >= 4 is 34.4 Å². The zero-order valence-electron chi connectivity index (χ0n) is 5.99. The molecule has 0 aromatic heterocycles. The van der Waals surface area contributed by atoms with Crippen LogP contribution in [0.5, 0.6) is 0 Å². The van der Waals surface area contributed by atoms with Gasteiger partial charge in [-0.15, -0.1) is 11.8 Å². The van der Waals surface area contributed by atoms with Crippen LogP contribution >= 0.6 is 34.4 Å². The van der Waals surface area contributed by atoms with Gasteiger partial charge in [-0.25, -0.2) is 0 Å². The Balaban J connectivity index is 2.89. The van der Waals surface area contributed by atoms with Crippen molar-refractivity contribution < 1.29 is 10.2 Å². The van der Waals surface area contributed by atoms with Gasteiger partial charge in [0.2, 0.25) is 0 Å². The van der Waals surface area contributed by atoms with Gasteiger partial charge in [-0.05, 0) is 34.9 Å². The lowest BCUT2D eigenvalue weighted by Crippen LogP contribution is -2.27. The van der Waals surface area contributed by atoms with E-state index in [2.05, 4.69) is 22.6 Å². The SMILES string of the molecule is CSC1=C(I)C=C[C@H](O)[C@@H]1O. The van der Waals surface area contributed by atoms with Gasteiger partial charge in [0, 0.05) is 8.48 Å². The smallest absolute Gasteiger partial charge is 0.115 e. The van der Waals surface area contributed by atoms with Crippen LogP contribution in [0.2, 0.25) is 0 Å². The Morgan fingerprint density at radius 1 is 1.55 bits per heavy atom. The van der Waals surface area contributed by atoms with E-state index in [-0.39, 0.29) is 0 Å². The van der Waals surface area contributed by atoms with Gasteiger partial charge in [0.1, 0.15) is 12.2 Å². The number of thioether (sulfide) groups is 1. The molecule has 0 saturated heterocycles. The molecule has 0 radical (unpaired) electrons. The maximum atomic E-state index is 9.42. The van der Waals surface area contributed by atoms with Gasteiger partial charge in [0.05, 0.1) is 0 Å². The molecule has 2 atom stereocenters. The lowest BCUT2D eigenvalue weighted by Gasteiger charge is -2.21. The van der Waals surface area contributed by atoms with E-state index in [1.165, 1.54) is 11.8 Å². The second-order valence-corrected chi connectivity index (χ2v) is 4.22. The first-order chi connectivity index (χ1) is 5.16. The van der Waals surface area contributed by atoms with Gasteiger partial charge in [-0.2, -0.15) is 0 Å². The predicted octanol–water partition coefficient (Wildman–Crippen LogP) is 1.29. The molecule has 0 amide bonds. The number of hydrogen-bond acceptors (Lipinski definition) is 3. The minimum atomic E-state index is -0.740. The topological polar surface area (TPSA) is 40.5 Å². The van der Waals surface area contributed by atoms with Gasteiger partial charge < -0.3 is 10.2 Å². The van der Waals surface area contributed by atoms with Crippen molar-refractivity contribution in [1.29, 1.82) is 0 Å². The van der Waals surface area contributed by atoms with Crippen LogP contribution in [0, 0.1) is 0 Å². The summed E-state index contributed by atoms with van der Waals surface area (Å²) in [6.07, 6.45) is 3.84. The van der Waals surface area contributed by atoms with Crippen LogP contribution in [-0.2, 0) is 0 Å². The van der Waals surface area contributed by atoms with Crippen LogP contribution in [0.15, 0.2) is 20.6 Å². The zero-order chi connectivity index (χ0) is 8.43. The van der Waals surface area contributed by atoms with Crippen molar-refractivity contribution in [3.63, 3.8) is 0 Å². The van der Waals surface area contributed by atoms with E-state index in [9.17, 15) is 10.2 Å². The average Bonchev–Trinajstić information content (AvgIpc) is 1.99. The van der Waals surface area contributed by atoms with Crippen molar-refractivity contribution in [1.82, 2.24) is 0 Å². The van der Waals surface area contributed by atoms with Gasteiger partial charge in [0.15, 0.2) is 0 Å². The largest absolute Gasteiger partial charge is 0.386 e. The first-order valence-electron chi connectivity index (χ1n) is 3.15. The molecule has 11 heavy (non-hydrogen) atoms.